The van der Waals surface area contributed by atoms with Gasteiger partial charge in [-0.05, 0) is 55.0 Å². The number of aromatic nitrogens is 3. The SMILES string of the molecule is Cc1cc(Nc2nccn3c(-c4ccc(OC(F)F)cc4)cnc23)ccc1C(=O)N1CCN(C(=O)NC2CNC2)CC1. The quantitative estimate of drug-likeness (QED) is 0.309. The number of piperazine rings is 1. The van der Waals surface area contributed by atoms with Crippen LogP contribution in [-0.2, 0) is 0 Å². The fraction of sp³-hybridized carbons (Fsp3) is 0.310. The summed E-state index contributed by atoms with van der Waals surface area (Å²) in [4.78, 5) is 38.2. The second kappa shape index (κ2) is 11.6. The van der Waals surface area contributed by atoms with Crippen molar-refractivity contribution in [2.75, 3.05) is 44.6 Å². The minimum Gasteiger partial charge on any atom is -0.435 e. The molecule has 0 radical (unpaired) electrons. The summed E-state index contributed by atoms with van der Waals surface area (Å²) in [5.41, 5.74) is 4.27. The van der Waals surface area contributed by atoms with Crippen LogP contribution in [0.5, 0.6) is 5.75 Å². The number of aryl methyl sites for hydroxylation is 1. The molecule has 218 valence electrons. The zero-order valence-electron chi connectivity index (χ0n) is 22.9. The molecule has 4 aromatic rings. The molecule has 3 N–H and O–H groups in total. The number of rotatable bonds is 7. The van der Waals surface area contributed by atoms with Gasteiger partial charge in [0.15, 0.2) is 11.5 Å². The number of nitrogens with zero attached hydrogens (tertiary/aromatic N) is 5. The van der Waals surface area contributed by atoms with Gasteiger partial charge in [0, 0.05) is 68.5 Å². The van der Waals surface area contributed by atoms with E-state index < -0.39 is 6.61 Å². The van der Waals surface area contributed by atoms with E-state index in [4.69, 9.17) is 0 Å². The van der Waals surface area contributed by atoms with E-state index in [0.717, 1.165) is 35.6 Å². The number of benzene rings is 2. The molecule has 0 spiro atoms. The number of halogens is 2. The van der Waals surface area contributed by atoms with Crippen molar-refractivity contribution in [2.24, 2.45) is 0 Å². The number of carbonyl (C=O) groups is 2. The largest absolute Gasteiger partial charge is 0.435 e. The highest BCUT2D eigenvalue weighted by atomic mass is 19.3. The molecule has 2 saturated heterocycles. The number of carbonyl (C=O) groups excluding carboxylic acids is 2. The van der Waals surface area contributed by atoms with Gasteiger partial charge in [-0.25, -0.2) is 14.8 Å². The van der Waals surface area contributed by atoms with Crippen LogP contribution in [0.2, 0.25) is 0 Å². The molecule has 42 heavy (non-hydrogen) atoms. The normalized spacial score (nSPS) is 15.5. The van der Waals surface area contributed by atoms with Crippen molar-refractivity contribution in [1.29, 1.82) is 0 Å². The zero-order chi connectivity index (χ0) is 29.2. The highest BCUT2D eigenvalue weighted by Gasteiger charge is 2.28. The fourth-order valence-corrected chi connectivity index (χ4v) is 5.09. The van der Waals surface area contributed by atoms with Crippen molar-refractivity contribution in [3.63, 3.8) is 0 Å². The Morgan fingerprint density at radius 2 is 1.76 bits per heavy atom. The summed E-state index contributed by atoms with van der Waals surface area (Å²) in [5, 5.41) is 9.43. The molecule has 2 aliphatic heterocycles. The van der Waals surface area contributed by atoms with E-state index in [2.05, 4.69) is 30.7 Å². The van der Waals surface area contributed by atoms with Crippen LogP contribution in [0, 0.1) is 6.92 Å². The first-order chi connectivity index (χ1) is 20.4. The number of amides is 3. The molecule has 2 aromatic carbocycles. The Balaban J connectivity index is 1.12. The van der Waals surface area contributed by atoms with E-state index in [1.54, 1.807) is 46.6 Å². The lowest BCUT2D eigenvalue weighted by Crippen LogP contribution is -2.61. The Hall–Kier alpha value is -4.78. The van der Waals surface area contributed by atoms with Gasteiger partial charge < -0.3 is 30.5 Å². The van der Waals surface area contributed by atoms with Crippen LogP contribution in [0.3, 0.4) is 0 Å². The van der Waals surface area contributed by atoms with Gasteiger partial charge in [0.2, 0.25) is 0 Å². The first-order valence-corrected chi connectivity index (χ1v) is 13.7. The maximum absolute atomic E-state index is 13.3. The number of ether oxygens (including phenoxy) is 1. The molecular weight excluding hydrogens is 546 g/mol. The Kier molecular flexibility index (Phi) is 7.57. The van der Waals surface area contributed by atoms with Crippen LogP contribution in [0.4, 0.5) is 25.1 Å². The van der Waals surface area contributed by atoms with Crippen molar-refractivity contribution < 1.29 is 23.1 Å². The van der Waals surface area contributed by atoms with Gasteiger partial charge in [-0.2, -0.15) is 8.78 Å². The second-order valence-corrected chi connectivity index (χ2v) is 10.3. The van der Waals surface area contributed by atoms with Crippen molar-refractivity contribution in [3.05, 3.63) is 72.2 Å². The standard InChI is InChI=1S/C29H30F2N8O3/c1-18-14-20(4-7-23(18)27(40)37-10-12-38(13-11-37)29(41)36-21-15-32-16-21)35-25-26-34-17-24(39(26)9-8-33-25)19-2-5-22(6-3-19)42-28(30)31/h2-9,14,17,21,28,32H,10-13,15-16H2,1H3,(H,33,35)(H,36,41). The molecule has 0 aliphatic carbocycles. The first kappa shape index (κ1) is 27.4. The number of alkyl halides is 2. The molecule has 11 nitrogen and oxygen atoms in total. The van der Waals surface area contributed by atoms with Gasteiger partial charge >= 0.3 is 12.6 Å². The Morgan fingerprint density at radius 3 is 2.43 bits per heavy atom. The molecule has 2 aliphatic rings. The van der Waals surface area contributed by atoms with Crippen LogP contribution in [0.25, 0.3) is 16.9 Å². The molecular formula is C29H30F2N8O3. The predicted molar refractivity (Wildman–Crippen MR) is 152 cm³/mol. The molecule has 13 heteroatoms. The van der Waals surface area contributed by atoms with E-state index in [1.165, 1.54) is 12.1 Å². The molecule has 3 amide bonds. The van der Waals surface area contributed by atoms with Crippen LogP contribution >= 0.6 is 0 Å². The third kappa shape index (κ3) is 5.68. The van der Waals surface area contributed by atoms with E-state index in [1.807, 2.05) is 23.5 Å². The molecule has 0 unspecified atom stereocenters. The Bertz CT molecular complexity index is 1600. The highest BCUT2D eigenvalue weighted by Crippen LogP contribution is 2.28. The summed E-state index contributed by atoms with van der Waals surface area (Å²) in [6, 6.07) is 12.0. The second-order valence-electron chi connectivity index (χ2n) is 10.3. The smallest absolute Gasteiger partial charge is 0.387 e. The van der Waals surface area contributed by atoms with Crippen molar-refractivity contribution in [1.82, 2.24) is 34.8 Å². The summed E-state index contributed by atoms with van der Waals surface area (Å²) in [6.45, 7) is 2.53. The summed E-state index contributed by atoms with van der Waals surface area (Å²) in [6.07, 6.45) is 5.10. The van der Waals surface area contributed by atoms with Crippen molar-refractivity contribution in [2.45, 2.75) is 19.6 Å². The van der Waals surface area contributed by atoms with Crippen LogP contribution in [0.1, 0.15) is 15.9 Å². The molecule has 2 aromatic heterocycles. The lowest BCUT2D eigenvalue weighted by molar-refractivity contribution is -0.0498. The predicted octanol–water partition coefficient (Wildman–Crippen LogP) is 3.49. The van der Waals surface area contributed by atoms with E-state index in [9.17, 15) is 18.4 Å². The summed E-state index contributed by atoms with van der Waals surface area (Å²) >= 11 is 0. The first-order valence-electron chi connectivity index (χ1n) is 13.7. The molecule has 4 heterocycles. The lowest BCUT2D eigenvalue weighted by Gasteiger charge is -2.37. The molecule has 6 rings (SSSR count). The van der Waals surface area contributed by atoms with Gasteiger partial charge in [0.25, 0.3) is 5.91 Å². The average Bonchev–Trinajstić information content (AvgIpc) is 3.40. The third-order valence-electron chi connectivity index (χ3n) is 7.49. The molecule has 0 bridgehead atoms. The van der Waals surface area contributed by atoms with Gasteiger partial charge in [0.1, 0.15) is 5.75 Å². The molecule has 0 saturated carbocycles. The highest BCUT2D eigenvalue weighted by molar-refractivity contribution is 5.96. The average molecular weight is 577 g/mol. The van der Waals surface area contributed by atoms with E-state index in [0.29, 0.717) is 43.2 Å². The van der Waals surface area contributed by atoms with Crippen LogP contribution in [-0.4, -0.2) is 88.0 Å². The number of imidazole rings is 1. The zero-order valence-corrected chi connectivity index (χ0v) is 22.9. The van der Waals surface area contributed by atoms with E-state index >= 15 is 0 Å². The van der Waals surface area contributed by atoms with E-state index in [-0.39, 0.29) is 23.7 Å². The summed E-state index contributed by atoms with van der Waals surface area (Å²) < 4.78 is 31.3. The van der Waals surface area contributed by atoms with Crippen LogP contribution in [0.15, 0.2) is 61.1 Å². The topological polar surface area (TPSA) is 116 Å². The summed E-state index contributed by atoms with van der Waals surface area (Å²) in [7, 11) is 0. The fourth-order valence-electron chi connectivity index (χ4n) is 5.09. The Morgan fingerprint density at radius 1 is 1.02 bits per heavy atom. The van der Waals surface area contributed by atoms with Gasteiger partial charge in [-0.1, -0.05) is 0 Å². The monoisotopic (exact) mass is 576 g/mol. The number of urea groups is 1. The third-order valence-corrected chi connectivity index (χ3v) is 7.49. The molecule has 0 atom stereocenters. The number of fused-ring (bicyclic) bond motifs is 1. The number of anilines is 2. The van der Waals surface area contributed by atoms with Gasteiger partial charge in [0.05, 0.1) is 17.9 Å². The van der Waals surface area contributed by atoms with Gasteiger partial charge in [-0.15, -0.1) is 0 Å². The van der Waals surface area contributed by atoms with Crippen molar-refractivity contribution in [3.8, 4) is 17.0 Å². The summed E-state index contributed by atoms with van der Waals surface area (Å²) in [5.74, 6) is 0.535. The number of hydrogen-bond donors (Lipinski definition) is 3. The van der Waals surface area contributed by atoms with Gasteiger partial charge in [-0.3, -0.25) is 9.20 Å². The lowest BCUT2D eigenvalue weighted by atomic mass is 10.1. The number of nitrogens with one attached hydrogen (secondary N) is 3. The minimum absolute atomic E-state index is 0.0644. The van der Waals surface area contributed by atoms with Crippen LogP contribution < -0.4 is 20.7 Å². The van der Waals surface area contributed by atoms with Crippen molar-refractivity contribution >= 4 is 29.1 Å². The number of hydrogen-bond acceptors (Lipinski definition) is 7. The maximum Gasteiger partial charge on any atom is 0.387 e. The molecule has 2 fully saturated rings. The maximum atomic E-state index is 13.3. The Labute approximate surface area is 240 Å². The minimum atomic E-state index is -2.88.